The monoisotopic (exact) mass is 721 g/mol. The van der Waals surface area contributed by atoms with Crippen LogP contribution >= 0.6 is 0 Å². The molecule has 3 aliphatic heterocycles. The molecule has 0 saturated carbocycles. The van der Waals surface area contributed by atoms with Crippen LogP contribution in [-0.2, 0) is 20.8 Å². The summed E-state index contributed by atoms with van der Waals surface area (Å²) in [5.41, 5.74) is 6.47. The van der Waals surface area contributed by atoms with E-state index in [1.807, 2.05) is 30.1 Å². The fourth-order valence-corrected chi connectivity index (χ4v) is 8.17. The minimum Gasteiger partial charge on any atom is -0.369 e. The van der Waals surface area contributed by atoms with Crippen molar-refractivity contribution < 1.29 is 23.6 Å². The maximum atomic E-state index is 14.9. The number of H-pyrrole nitrogens is 1. The maximum Gasteiger partial charge on any atom is 0.270 e. The molecule has 4 amide bonds. The minimum absolute atomic E-state index is 0.0975. The molecule has 2 N–H and O–H groups in total. The molecule has 278 valence electrons. The van der Waals surface area contributed by atoms with Gasteiger partial charge in [-0.3, -0.25) is 29.4 Å². The van der Waals surface area contributed by atoms with E-state index in [0.717, 1.165) is 85.7 Å². The standard InChI is InChI=1S/C41H48FN7O4/c1-41(2)24-49(25-41)40(53)33-23-31-30(14-15-32(42)37(31)43-33)27-10-12-29(13-11-27)48-21-19-47(20-22-48)18-6-8-28-7-5-9-34(38(28)45(3)26-50)46(4)35-16-17-36(51)44-39(35)52/h5,7,9-15,23,26,35,43H,6,8,16-22,24-25H2,1-4H3,(H,44,51,52). The van der Waals surface area contributed by atoms with Crippen molar-refractivity contribution in [3.05, 3.63) is 77.7 Å². The number of nitrogens with zero attached hydrogens (tertiary/aromatic N) is 5. The van der Waals surface area contributed by atoms with Crippen molar-refractivity contribution in [3.8, 4) is 11.1 Å². The highest BCUT2D eigenvalue weighted by atomic mass is 19.1. The quantitative estimate of drug-likeness (QED) is 0.165. The normalized spacial score (nSPS) is 18.8. The van der Waals surface area contributed by atoms with Crippen LogP contribution in [0.3, 0.4) is 0 Å². The van der Waals surface area contributed by atoms with Gasteiger partial charge in [0.15, 0.2) is 0 Å². The van der Waals surface area contributed by atoms with Crippen LogP contribution in [0.5, 0.6) is 0 Å². The van der Waals surface area contributed by atoms with Crippen molar-refractivity contribution in [1.29, 1.82) is 0 Å². The number of imide groups is 1. The van der Waals surface area contributed by atoms with Crippen LogP contribution < -0.4 is 20.0 Å². The number of carbonyl (C=O) groups excluding carboxylic acids is 4. The number of aryl methyl sites for hydroxylation is 1. The van der Waals surface area contributed by atoms with Crippen LogP contribution in [0.15, 0.2) is 60.7 Å². The number of carbonyl (C=O) groups is 4. The molecule has 0 spiro atoms. The zero-order chi connectivity index (χ0) is 37.4. The lowest BCUT2D eigenvalue weighted by Gasteiger charge is -2.45. The largest absolute Gasteiger partial charge is 0.369 e. The Labute approximate surface area is 309 Å². The van der Waals surface area contributed by atoms with Gasteiger partial charge in [-0.05, 0) is 78.2 Å². The second kappa shape index (κ2) is 14.7. The van der Waals surface area contributed by atoms with E-state index in [1.165, 1.54) is 6.07 Å². The lowest BCUT2D eigenvalue weighted by molar-refractivity contribution is -0.134. The molecular weight excluding hydrogens is 673 g/mol. The summed E-state index contributed by atoms with van der Waals surface area (Å²) in [5, 5.41) is 3.14. The molecule has 3 saturated heterocycles. The Hall–Kier alpha value is -5.23. The molecule has 0 aliphatic carbocycles. The van der Waals surface area contributed by atoms with Gasteiger partial charge in [-0.15, -0.1) is 0 Å². The summed E-state index contributed by atoms with van der Waals surface area (Å²) in [5.74, 6) is -1.04. The second-order valence-corrected chi connectivity index (χ2v) is 15.5. The van der Waals surface area contributed by atoms with Gasteiger partial charge in [-0.2, -0.15) is 0 Å². The Morgan fingerprint density at radius 2 is 1.74 bits per heavy atom. The summed E-state index contributed by atoms with van der Waals surface area (Å²) < 4.78 is 14.9. The molecule has 11 nitrogen and oxygen atoms in total. The summed E-state index contributed by atoms with van der Waals surface area (Å²) in [6.07, 6.45) is 3.19. The third kappa shape index (κ3) is 7.37. The Balaban J connectivity index is 0.957. The number of hydrogen-bond acceptors (Lipinski definition) is 7. The average molecular weight is 722 g/mol. The third-order valence-electron chi connectivity index (χ3n) is 11.0. The minimum atomic E-state index is -0.486. The van der Waals surface area contributed by atoms with E-state index in [2.05, 4.69) is 58.2 Å². The zero-order valence-electron chi connectivity index (χ0n) is 31.0. The van der Waals surface area contributed by atoms with E-state index < -0.39 is 6.04 Å². The first-order valence-corrected chi connectivity index (χ1v) is 18.5. The van der Waals surface area contributed by atoms with Gasteiger partial charge in [-0.25, -0.2) is 4.39 Å². The van der Waals surface area contributed by atoms with Crippen LogP contribution in [0.4, 0.5) is 21.5 Å². The second-order valence-electron chi connectivity index (χ2n) is 15.5. The highest BCUT2D eigenvalue weighted by Crippen LogP contribution is 2.36. The summed E-state index contributed by atoms with van der Waals surface area (Å²) in [6, 6.07) is 18.8. The lowest BCUT2D eigenvalue weighted by atomic mass is 9.84. The van der Waals surface area contributed by atoms with Gasteiger partial charge in [0.1, 0.15) is 17.6 Å². The summed E-state index contributed by atoms with van der Waals surface area (Å²) in [4.78, 5) is 62.5. The Morgan fingerprint density at radius 3 is 2.42 bits per heavy atom. The van der Waals surface area contributed by atoms with Gasteiger partial charge in [-0.1, -0.05) is 44.2 Å². The van der Waals surface area contributed by atoms with Crippen LogP contribution in [0.2, 0.25) is 0 Å². The first kappa shape index (κ1) is 36.1. The van der Waals surface area contributed by atoms with Crippen LogP contribution in [0.1, 0.15) is 49.2 Å². The topological polar surface area (TPSA) is 112 Å². The molecule has 7 rings (SSSR count). The highest BCUT2D eigenvalue weighted by Gasteiger charge is 2.38. The lowest BCUT2D eigenvalue weighted by Crippen LogP contribution is -2.55. The predicted molar refractivity (Wildman–Crippen MR) is 206 cm³/mol. The average Bonchev–Trinajstić information content (AvgIpc) is 3.60. The number of halogens is 1. The van der Waals surface area contributed by atoms with Crippen molar-refractivity contribution in [2.24, 2.45) is 5.41 Å². The molecule has 1 atom stereocenters. The summed E-state index contributed by atoms with van der Waals surface area (Å²) in [6.45, 7) is 10.2. The molecule has 4 heterocycles. The fourth-order valence-electron chi connectivity index (χ4n) is 8.17. The van der Waals surface area contributed by atoms with Crippen molar-refractivity contribution >= 4 is 52.1 Å². The number of fused-ring (bicyclic) bond motifs is 1. The number of rotatable bonds is 11. The number of nitrogens with one attached hydrogen (secondary N) is 2. The van der Waals surface area contributed by atoms with Crippen molar-refractivity contribution in [2.45, 2.75) is 45.6 Å². The molecule has 3 aliphatic rings. The van der Waals surface area contributed by atoms with Gasteiger partial charge in [0.25, 0.3) is 5.91 Å². The molecular formula is C41H48FN7O4. The summed E-state index contributed by atoms with van der Waals surface area (Å²) in [7, 11) is 3.57. The van der Waals surface area contributed by atoms with Gasteiger partial charge in [0.2, 0.25) is 18.2 Å². The summed E-state index contributed by atoms with van der Waals surface area (Å²) >= 11 is 0. The molecule has 53 heavy (non-hydrogen) atoms. The molecule has 0 bridgehead atoms. The highest BCUT2D eigenvalue weighted by molar-refractivity contribution is 6.04. The number of piperidine rings is 1. The van der Waals surface area contributed by atoms with Gasteiger partial charge in [0, 0.05) is 70.9 Å². The Morgan fingerprint density at radius 1 is 1.00 bits per heavy atom. The first-order chi connectivity index (χ1) is 25.4. The van der Waals surface area contributed by atoms with E-state index in [4.69, 9.17) is 0 Å². The number of likely N-dealkylation sites (tertiary alicyclic amines) is 1. The molecule has 0 radical (unpaired) electrons. The number of benzene rings is 3. The van der Waals surface area contributed by atoms with Gasteiger partial charge in [0.05, 0.1) is 16.9 Å². The van der Waals surface area contributed by atoms with E-state index in [9.17, 15) is 23.6 Å². The molecule has 12 heteroatoms. The van der Waals surface area contributed by atoms with Crippen molar-refractivity contribution in [3.63, 3.8) is 0 Å². The number of aromatic amines is 1. The SMILES string of the molecule is CN(C=O)c1c(CCCN2CCN(c3ccc(-c4ccc(F)c5[nH]c(C(=O)N6CC(C)(C)C6)cc45)cc3)CC2)cccc1N(C)C1CCC(=O)NC1=O. The Bertz CT molecular complexity index is 2030. The molecule has 1 aromatic heterocycles. The fraction of sp³-hybridized carbons (Fsp3) is 0.415. The van der Waals surface area contributed by atoms with Crippen LogP contribution in [0.25, 0.3) is 22.0 Å². The number of aromatic nitrogens is 1. The van der Waals surface area contributed by atoms with E-state index in [-0.39, 0.29) is 35.4 Å². The van der Waals surface area contributed by atoms with E-state index >= 15 is 0 Å². The molecule has 1 unspecified atom stereocenters. The van der Waals surface area contributed by atoms with Crippen molar-refractivity contribution in [1.82, 2.24) is 20.1 Å². The van der Waals surface area contributed by atoms with Crippen molar-refractivity contribution in [2.75, 3.05) is 74.6 Å². The number of anilines is 3. The van der Waals surface area contributed by atoms with Gasteiger partial charge < -0.3 is 24.6 Å². The number of likely N-dealkylation sites (N-methyl/N-ethyl adjacent to an activating group) is 1. The smallest absolute Gasteiger partial charge is 0.270 e. The van der Waals surface area contributed by atoms with E-state index in [1.54, 1.807) is 29.0 Å². The van der Waals surface area contributed by atoms with Crippen LogP contribution in [0, 0.1) is 11.2 Å². The number of amides is 4. The Kier molecular flexibility index (Phi) is 9.99. The molecule has 4 aromatic rings. The van der Waals surface area contributed by atoms with E-state index in [0.29, 0.717) is 36.1 Å². The number of para-hydroxylation sites is 1. The first-order valence-electron chi connectivity index (χ1n) is 18.5. The molecule has 3 aromatic carbocycles. The third-order valence-corrected chi connectivity index (χ3v) is 11.0. The van der Waals surface area contributed by atoms with Gasteiger partial charge >= 0.3 is 0 Å². The van der Waals surface area contributed by atoms with Crippen LogP contribution in [-0.4, -0.2) is 105 Å². The maximum absolute atomic E-state index is 14.9. The number of hydrogen-bond donors (Lipinski definition) is 2. The zero-order valence-corrected chi connectivity index (χ0v) is 31.0. The number of piperazine rings is 1. The molecule has 3 fully saturated rings. The predicted octanol–water partition coefficient (Wildman–Crippen LogP) is 5.04.